The fourth-order valence-electron chi connectivity index (χ4n) is 4.15. The van der Waals surface area contributed by atoms with Crippen LogP contribution < -0.4 is 20.7 Å². The highest BCUT2D eigenvalue weighted by molar-refractivity contribution is 8.00. The van der Waals surface area contributed by atoms with Gasteiger partial charge in [-0.1, -0.05) is 62.4 Å². The Bertz CT molecular complexity index is 1580. The van der Waals surface area contributed by atoms with Crippen molar-refractivity contribution in [3.63, 3.8) is 0 Å². The molecule has 1 atom stereocenters. The Balaban J connectivity index is 1.43. The lowest BCUT2D eigenvalue weighted by Gasteiger charge is -2.14. The maximum absolute atomic E-state index is 13.4. The highest BCUT2D eigenvalue weighted by atomic mass is 32.2. The Morgan fingerprint density at radius 2 is 1.35 bits per heavy atom. The number of hydrogen-bond acceptors (Lipinski definition) is 5. The van der Waals surface area contributed by atoms with Gasteiger partial charge in [0.2, 0.25) is 5.91 Å². The van der Waals surface area contributed by atoms with Crippen molar-refractivity contribution >= 4 is 46.9 Å². The van der Waals surface area contributed by atoms with E-state index >= 15 is 0 Å². The fraction of sp³-hybridized carbons (Fsp3) is 0.171. The van der Waals surface area contributed by atoms with Crippen LogP contribution in [0.3, 0.4) is 0 Å². The van der Waals surface area contributed by atoms with Gasteiger partial charge in [-0.25, -0.2) is 0 Å². The number of nitrogens with one attached hydrogen (secondary N) is 3. The van der Waals surface area contributed by atoms with Gasteiger partial charge >= 0.3 is 0 Å². The normalized spacial score (nSPS) is 11.9. The molecule has 0 radical (unpaired) electrons. The van der Waals surface area contributed by atoms with E-state index in [2.05, 4.69) is 29.8 Å². The zero-order valence-corrected chi connectivity index (χ0v) is 25.4. The van der Waals surface area contributed by atoms with Crippen molar-refractivity contribution in [2.45, 2.75) is 36.8 Å². The van der Waals surface area contributed by atoms with Crippen molar-refractivity contribution in [2.24, 2.45) is 0 Å². The van der Waals surface area contributed by atoms with Gasteiger partial charge in [0.15, 0.2) is 0 Å². The van der Waals surface area contributed by atoms with E-state index in [-0.39, 0.29) is 16.9 Å². The number of hydrogen-bond donors (Lipinski definition) is 3. The Morgan fingerprint density at radius 1 is 0.744 bits per heavy atom. The Morgan fingerprint density at radius 3 is 2.00 bits per heavy atom. The average Bonchev–Trinajstić information content (AvgIpc) is 3.02. The third-order valence-electron chi connectivity index (χ3n) is 6.61. The number of amides is 3. The molecule has 220 valence electrons. The lowest BCUT2D eigenvalue weighted by Crippen LogP contribution is -2.30. The van der Waals surface area contributed by atoms with Crippen molar-refractivity contribution in [1.29, 1.82) is 0 Å². The smallest absolute Gasteiger partial charge is 0.272 e. The van der Waals surface area contributed by atoms with E-state index in [9.17, 15) is 14.4 Å². The fourth-order valence-corrected chi connectivity index (χ4v) is 5.02. The van der Waals surface area contributed by atoms with Crippen LogP contribution in [0.4, 0.5) is 11.4 Å². The Labute approximate surface area is 256 Å². The first-order valence-corrected chi connectivity index (χ1v) is 14.8. The molecule has 4 rings (SSSR count). The number of rotatable bonds is 11. The van der Waals surface area contributed by atoms with E-state index in [4.69, 9.17) is 4.74 Å². The molecule has 4 aromatic carbocycles. The summed E-state index contributed by atoms with van der Waals surface area (Å²) >= 11 is 1.42. The number of anilines is 2. The van der Waals surface area contributed by atoms with Gasteiger partial charge in [-0.15, -0.1) is 11.8 Å². The van der Waals surface area contributed by atoms with Crippen LogP contribution in [-0.2, 0) is 9.59 Å². The number of carbonyl (C=O) groups is 3. The second kappa shape index (κ2) is 14.9. The van der Waals surface area contributed by atoms with Crippen molar-refractivity contribution in [3.05, 3.63) is 126 Å². The molecule has 0 fully saturated rings. The van der Waals surface area contributed by atoms with Crippen LogP contribution in [0.2, 0.25) is 0 Å². The molecular formula is C35H35N3O4S. The van der Waals surface area contributed by atoms with Gasteiger partial charge in [0.05, 0.1) is 12.4 Å². The summed E-state index contributed by atoms with van der Waals surface area (Å²) in [6.07, 6.45) is 1.58. The van der Waals surface area contributed by atoms with Crippen LogP contribution in [0, 0.1) is 0 Å². The van der Waals surface area contributed by atoms with Gasteiger partial charge in [0, 0.05) is 27.4 Å². The molecule has 8 heteroatoms. The molecule has 0 aliphatic carbocycles. The lowest BCUT2D eigenvalue weighted by molar-refractivity contribution is -0.115. The molecule has 0 aromatic heterocycles. The molecule has 3 amide bonds. The SMILES string of the molecule is COc1ccccc1/C=C(\NC(=O)c1ccccc1)C(=O)Nc1ccc(SC(C)C(=O)Nc2ccc(C(C)C)cc2)cc1. The van der Waals surface area contributed by atoms with E-state index < -0.39 is 11.8 Å². The molecule has 0 aliphatic rings. The highest BCUT2D eigenvalue weighted by Gasteiger charge is 2.17. The van der Waals surface area contributed by atoms with Crippen molar-refractivity contribution in [2.75, 3.05) is 17.7 Å². The van der Waals surface area contributed by atoms with Gasteiger partial charge < -0.3 is 20.7 Å². The summed E-state index contributed by atoms with van der Waals surface area (Å²) in [6.45, 7) is 6.11. The molecule has 0 aliphatic heterocycles. The zero-order chi connectivity index (χ0) is 30.8. The van der Waals surface area contributed by atoms with Crippen LogP contribution in [0.5, 0.6) is 5.75 Å². The van der Waals surface area contributed by atoms with Gasteiger partial charge in [0.1, 0.15) is 11.4 Å². The van der Waals surface area contributed by atoms with Crippen LogP contribution >= 0.6 is 11.8 Å². The monoisotopic (exact) mass is 593 g/mol. The molecule has 0 saturated carbocycles. The molecule has 1 unspecified atom stereocenters. The second-order valence-electron chi connectivity index (χ2n) is 10.1. The number of para-hydroxylation sites is 1. The molecule has 7 nitrogen and oxygen atoms in total. The van der Waals surface area contributed by atoms with E-state index in [0.717, 1.165) is 10.6 Å². The van der Waals surface area contributed by atoms with E-state index in [0.29, 0.717) is 28.5 Å². The largest absolute Gasteiger partial charge is 0.496 e. The summed E-state index contributed by atoms with van der Waals surface area (Å²) in [4.78, 5) is 39.9. The predicted molar refractivity (Wildman–Crippen MR) is 174 cm³/mol. The maximum Gasteiger partial charge on any atom is 0.272 e. The number of methoxy groups -OCH3 is 1. The lowest BCUT2D eigenvalue weighted by atomic mass is 10.0. The van der Waals surface area contributed by atoms with Crippen molar-refractivity contribution < 1.29 is 19.1 Å². The summed E-state index contributed by atoms with van der Waals surface area (Å²) in [5, 5.41) is 8.22. The van der Waals surface area contributed by atoms with E-state index in [1.807, 2.05) is 61.5 Å². The quantitative estimate of drug-likeness (QED) is 0.125. The number of carbonyl (C=O) groups excluding carboxylic acids is 3. The highest BCUT2D eigenvalue weighted by Crippen LogP contribution is 2.27. The first-order chi connectivity index (χ1) is 20.7. The molecule has 0 saturated heterocycles. The summed E-state index contributed by atoms with van der Waals surface area (Å²) < 4.78 is 5.42. The minimum Gasteiger partial charge on any atom is -0.496 e. The van der Waals surface area contributed by atoms with Crippen LogP contribution in [-0.4, -0.2) is 30.1 Å². The average molecular weight is 594 g/mol. The molecular weight excluding hydrogens is 558 g/mol. The zero-order valence-electron chi connectivity index (χ0n) is 24.6. The first-order valence-electron chi connectivity index (χ1n) is 13.9. The Kier molecular flexibility index (Phi) is 10.8. The van der Waals surface area contributed by atoms with E-state index in [1.54, 1.807) is 61.7 Å². The summed E-state index contributed by atoms with van der Waals surface area (Å²) in [5.41, 5.74) is 3.64. The first kappa shape index (κ1) is 31.1. The minimum atomic E-state index is -0.494. The van der Waals surface area contributed by atoms with Crippen molar-refractivity contribution in [3.8, 4) is 5.75 Å². The standard InChI is InChI=1S/C35H35N3O4S/c1-23(2)25-14-16-28(17-15-25)36-33(39)24(3)43-30-20-18-29(19-21-30)37-35(41)31(22-27-12-8-9-13-32(27)42-4)38-34(40)26-10-6-5-7-11-26/h5-24H,1-4H3,(H,36,39)(H,37,41)(H,38,40)/b31-22-. The molecule has 4 aromatic rings. The van der Waals surface area contributed by atoms with Crippen LogP contribution in [0.15, 0.2) is 114 Å². The van der Waals surface area contributed by atoms with Gasteiger partial charge in [-0.05, 0) is 79.1 Å². The van der Waals surface area contributed by atoms with Gasteiger partial charge in [0.25, 0.3) is 11.8 Å². The van der Waals surface area contributed by atoms with E-state index in [1.165, 1.54) is 17.3 Å². The van der Waals surface area contributed by atoms with Gasteiger partial charge in [-0.2, -0.15) is 0 Å². The Hall–Kier alpha value is -4.82. The summed E-state index contributed by atoms with van der Waals surface area (Å²) in [6, 6.07) is 31.0. The molecule has 0 bridgehead atoms. The minimum absolute atomic E-state index is 0.0588. The molecule has 43 heavy (non-hydrogen) atoms. The molecule has 0 spiro atoms. The molecule has 3 N–H and O–H groups in total. The third kappa shape index (κ3) is 8.83. The number of benzene rings is 4. The summed E-state index contributed by atoms with van der Waals surface area (Å²) in [7, 11) is 1.54. The predicted octanol–water partition coefficient (Wildman–Crippen LogP) is 7.35. The number of ether oxygens (including phenoxy) is 1. The summed E-state index contributed by atoms with van der Waals surface area (Å²) in [5.74, 6) is -0.0116. The topological polar surface area (TPSA) is 96.5 Å². The third-order valence-corrected chi connectivity index (χ3v) is 7.72. The molecule has 0 heterocycles. The second-order valence-corrected chi connectivity index (χ2v) is 11.5. The van der Waals surface area contributed by atoms with Gasteiger partial charge in [-0.3, -0.25) is 14.4 Å². The maximum atomic E-state index is 13.4. The van der Waals surface area contributed by atoms with Crippen LogP contribution in [0.1, 0.15) is 48.2 Å². The van der Waals surface area contributed by atoms with Crippen molar-refractivity contribution in [1.82, 2.24) is 5.32 Å². The number of thioether (sulfide) groups is 1. The van der Waals surface area contributed by atoms with Crippen LogP contribution in [0.25, 0.3) is 6.08 Å².